The van der Waals surface area contributed by atoms with E-state index in [1.807, 2.05) is 0 Å². The van der Waals surface area contributed by atoms with Crippen molar-refractivity contribution in [3.63, 3.8) is 0 Å². The van der Waals surface area contributed by atoms with E-state index in [1.165, 1.54) is 0 Å². The molecule has 1 saturated carbocycles. The van der Waals surface area contributed by atoms with Gasteiger partial charge >= 0.3 is 6.18 Å². The molecule has 0 aromatic heterocycles. The van der Waals surface area contributed by atoms with Crippen LogP contribution in [0.25, 0.3) is 0 Å². The van der Waals surface area contributed by atoms with E-state index in [0.29, 0.717) is 24.5 Å². The fourth-order valence-electron chi connectivity index (χ4n) is 1.29. The SMILES string of the molecule is N[C@H]1CCC/C1=C\C(F)(F)F. The third kappa shape index (κ3) is 2.54. The molecule has 0 spiro atoms. The van der Waals surface area contributed by atoms with Gasteiger partial charge in [0, 0.05) is 12.1 Å². The van der Waals surface area contributed by atoms with Gasteiger partial charge in [0.1, 0.15) is 0 Å². The Labute approximate surface area is 63.1 Å². The lowest BCUT2D eigenvalue weighted by Crippen LogP contribution is -2.18. The molecule has 0 aromatic carbocycles. The third-order valence-electron chi connectivity index (χ3n) is 1.81. The molecule has 2 N–H and O–H groups in total. The summed E-state index contributed by atoms with van der Waals surface area (Å²) in [5.41, 5.74) is 5.76. The molecule has 0 aromatic rings. The molecular weight excluding hydrogens is 155 g/mol. The van der Waals surface area contributed by atoms with Crippen LogP contribution in [0.2, 0.25) is 0 Å². The first-order valence-electron chi connectivity index (χ1n) is 3.53. The van der Waals surface area contributed by atoms with Crippen molar-refractivity contribution in [3.8, 4) is 0 Å². The lowest BCUT2D eigenvalue weighted by atomic mass is 10.1. The maximum absolute atomic E-state index is 11.7. The van der Waals surface area contributed by atoms with Crippen molar-refractivity contribution in [2.75, 3.05) is 0 Å². The lowest BCUT2D eigenvalue weighted by Gasteiger charge is -2.06. The van der Waals surface area contributed by atoms with Crippen LogP contribution in [0.4, 0.5) is 13.2 Å². The fraction of sp³-hybridized carbons (Fsp3) is 0.714. The molecule has 0 aliphatic heterocycles. The first-order valence-corrected chi connectivity index (χ1v) is 3.53. The monoisotopic (exact) mass is 165 g/mol. The Hall–Kier alpha value is -0.510. The molecule has 0 radical (unpaired) electrons. The second-order valence-corrected chi connectivity index (χ2v) is 2.76. The minimum Gasteiger partial charge on any atom is -0.324 e. The zero-order chi connectivity index (χ0) is 8.48. The third-order valence-corrected chi connectivity index (χ3v) is 1.81. The quantitative estimate of drug-likeness (QED) is 0.546. The molecule has 1 rings (SSSR count). The van der Waals surface area contributed by atoms with Crippen LogP contribution in [0.15, 0.2) is 11.6 Å². The van der Waals surface area contributed by atoms with Gasteiger partial charge in [0.05, 0.1) is 0 Å². The Morgan fingerprint density at radius 2 is 2.09 bits per heavy atom. The minimum absolute atomic E-state index is 0.338. The summed E-state index contributed by atoms with van der Waals surface area (Å²) in [6, 6.07) is -0.364. The standard InChI is InChI=1S/C7H10F3N/c8-7(9,10)4-5-2-1-3-6(5)11/h4,6H,1-3,11H2/b5-4+/t6-/m0/s1. The van der Waals surface area contributed by atoms with Crippen molar-refractivity contribution in [2.45, 2.75) is 31.5 Å². The summed E-state index contributed by atoms with van der Waals surface area (Å²) in [5.74, 6) is 0. The Balaban J connectivity index is 2.65. The van der Waals surface area contributed by atoms with Crippen LogP contribution in [-0.4, -0.2) is 12.2 Å². The van der Waals surface area contributed by atoms with E-state index in [4.69, 9.17) is 5.73 Å². The van der Waals surface area contributed by atoms with Gasteiger partial charge in [0.25, 0.3) is 0 Å². The Bertz CT molecular complexity index is 171. The van der Waals surface area contributed by atoms with Crippen LogP contribution in [0.3, 0.4) is 0 Å². The van der Waals surface area contributed by atoms with Crippen molar-refractivity contribution in [1.82, 2.24) is 0 Å². The molecule has 1 aliphatic carbocycles. The van der Waals surface area contributed by atoms with E-state index >= 15 is 0 Å². The molecule has 1 aliphatic rings. The highest BCUT2D eigenvalue weighted by Gasteiger charge is 2.27. The summed E-state index contributed by atoms with van der Waals surface area (Å²) in [7, 11) is 0. The molecule has 64 valence electrons. The minimum atomic E-state index is -4.20. The number of hydrogen-bond donors (Lipinski definition) is 1. The summed E-state index contributed by atoms with van der Waals surface area (Å²) in [6.45, 7) is 0. The topological polar surface area (TPSA) is 26.0 Å². The van der Waals surface area contributed by atoms with Gasteiger partial charge in [-0.25, -0.2) is 0 Å². The molecule has 0 unspecified atom stereocenters. The number of hydrogen-bond acceptors (Lipinski definition) is 1. The first-order chi connectivity index (χ1) is 4.99. The van der Waals surface area contributed by atoms with Gasteiger partial charge in [-0.1, -0.05) is 0 Å². The second-order valence-electron chi connectivity index (χ2n) is 2.76. The maximum atomic E-state index is 11.7. The predicted molar refractivity (Wildman–Crippen MR) is 36.0 cm³/mol. The summed E-state index contributed by atoms with van der Waals surface area (Å²) < 4.78 is 35.2. The normalized spacial score (nSPS) is 29.8. The maximum Gasteiger partial charge on any atom is 0.409 e. The van der Waals surface area contributed by atoms with Crippen LogP contribution in [0.5, 0.6) is 0 Å². The second kappa shape index (κ2) is 2.85. The van der Waals surface area contributed by atoms with Crippen molar-refractivity contribution in [2.24, 2.45) is 5.73 Å². The molecule has 1 fully saturated rings. The molecular formula is C7H10F3N. The summed E-state index contributed by atoms with van der Waals surface area (Å²) in [4.78, 5) is 0. The van der Waals surface area contributed by atoms with Crippen molar-refractivity contribution in [1.29, 1.82) is 0 Å². The molecule has 11 heavy (non-hydrogen) atoms. The van der Waals surface area contributed by atoms with Crippen molar-refractivity contribution in [3.05, 3.63) is 11.6 Å². The van der Waals surface area contributed by atoms with Gasteiger partial charge in [0.2, 0.25) is 0 Å². The van der Waals surface area contributed by atoms with E-state index < -0.39 is 6.18 Å². The molecule has 0 saturated heterocycles. The highest BCUT2D eigenvalue weighted by molar-refractivity contribution is 5.16. The van der Waals surface area contributed by atoms with E-state index in [9.17, 15) is 13.2 Å². The Morgan fingerprint density at radius 1 is 1.45 bits per heavy atom. The van der Waals surface area contributed by atoms with Crippen LogP contribution in [0, 0.1) is 0 Å². The fourth-order valence-corrected chi connectivity index (χ4v) is 1.29. The van der Waals surface area contributed by atoms with Crippen LogP contribution in [0.1, 0.15) is 19.3 Å². The van der Waals surface area contributed by atoms with Gasteiger partial charge < -0.3 is 5.73 Å². The van der Waals surface area contributed by atoms with Crippen LogP contribution < -0.4 is 5.73 Å². The van der Waals surface area contributed by atoms with Crippen LogP contribution in [-0.2, 0) is 0 Å². The summed E-state index contributed by atoms with van der Waals surface area (Å²) >= 11 is 0. The molecule has 4 heteroatoms. The summed E-state index contributed by atoms with van der Waals surface area (Å²) in [5, 5.41) is 0. The first kappa shape index (κ1) is 8.59. The molecule has 0 bridgehead atoms. The number of allylic oxidation sites excluding steroid dienone is 1. The highest BCUT2D eigenvalue weighted by Crippen LogP contribution is 2.28. The smallest absolute Gasteiger partial charge is 0.324 e. The molecule has 1 atom stereocenters. The van der Waals surface area contributed by atoms with E-state index in [-0.39, 0.29) is 6.04 Å². The number of alkyl halides is 3. The molecule has 1 nitrogen and oxygen atoms in total. The zero-order valence-corrected chi connectivity index (χ0v) is 5.99. The zero-order valence-electron chi connectivity index (χ0n) is 5.99. The Morgan fingerprint density at radius 3 is 2.45 bits per heavy atom. The van der Waals surface area contributed by atoms with Gasteiger partial charge in [-0.2, -0.15) is 13.2 Å². The Kier molecular flexibility index (Phi) is 2.23. The largest absolute Gasteiger partial charge is 0.409 e. The van der Waals surface area contributed by atoms with E-state index in [1.54, 1.807) is 0 Å². The van der Waals surface area contributed by atoms with Crippen LogP contribution >= 0.6 is 0 Å². The van der Waals surface area contributed by atoms with E-state index in [0.717, 1.165) is 6.42 Å². The van der Waals surface area contributed by atoms with Gasteiger partial charge in [-0.15, -0.1) is 0 Å². The molecule has 0 amide bonds. The van der Waals surface area contributed by atoms with Gasteiger partial charge in [-0.3, -0.25) is 0 Å². The van der Waals surface area contributed by atoms with Crippen molar-refractivity contribution < 1.29 is 13.2 Å². The number of nitrogens with two attached hydrogens (primary N) is 1. The predicted octanol–water partition coefficient (Wildman–Crippen LogP) is 1.99. The molecule has 0 heterocycles. The summed E-state index contributed by atoms with van der Waals surface area (Å²) in [6.07, 6.45) is -1.90. The van der Waals surface area contributed by atoms with Gasteiger partial charge in [0.15, 0.2) is 0 Å². The highest BCUT2D eigenvalue weighted by atomic mass is 19.4. The average molecular weight is 165 g/mol. The average Bonchev–Trinajstić information content (AvgIpc) is 2.12. The number of halogens is 3. The lowest BCUT2D eigenvalue weighted by molar-refractivity contribution is -0.0807. The number of rotatable bonds is 0. The van der Waals surface area contributed by atoms with Crippen molar-refractivity contribution >= 4 is 0 Å². The van der Waals surface area contributed by atoms with Gasteiger partial charge in [-0.05, 0) is 24.8 Å². The van der Waals surface area contributed by atoms with E-state index in [2.05, 4.69) is 0 Å².